The van der Waals surface area contributed by atoms with Gasteiger partial charge < -0.3 is 10.2 Å². The molecule has 0 saturated carbocycles. The Hall–Kier alpha value is -2.55. The molecule has 0 radical (unpaired) electrons. The molecule has 0 unspecified atom stereocenters. The molecule has 0 heterocycles. The molecule has 0 bridgehead atoms. The van der Waals surface area contributed by atoms with Gasteiger partial charge >= 0.3 is 5.97 Å². The highest BCUT2D eigenvalue weighted by atomic mass is 16.4. The number of carbonyl (C=O) groups is 1. The maximum atomic E-state index is 11.1. The Labute approximate surface area is 182 Å². The van der Waals surface area contributed by atoms with Crippen molar-refractivity contribution in [2.24, 2.45) is 0 Å². The molecule has 0 amide bonds. The zero-order valence-corrected chi connectivity index (χ0v) is 19.3. The van der Waals surface area contributed by atoms with Gasteiger partial charge in [-0.1, -0.05) is 46.6 Å². The van der Waals surface area contributed by atoms with Gasteiger partial charge in [0.1, 0.15) is 5.75 Å². The third kappa shape index (κ3) is 10.8. The van der Waals surface area contributed by atoms with Crippen LogP contribution < -0.4 is 0 Å². The standard InChI is InChI=1S/C27H38O3/c1-20(2)9-6-10-21(3)11-7-12-22(4)13-8-14-23(5)15-16-24-19-25(27(29)30)17-18-26(24)28/h9,11,13,15,17-19,28H,6-8,10,12,14,16H2,1-5H3,(H,29,30)/b21-11+,22-13+,23-15+. The molecule has 1 aromatic carbocycles. The number of allylic oxidation sites excluding steroid dienone is 8. The van der Waals surface area contributed by atoms with Crippen LogP contribution in [-0.2, 0) is 6.42 Å². The maximum Gasteiger partial charge on any atom is 0.335 e. The van der Waals surface area contributed by atoms with Crippen LogP contribution in [0.3, 0.4) is 0 Å². The van der Waals surface area contributed by atoms with E-state index in [1.807, 2.05) is 0 Å². The zero-order chi connectivity index (χ0) is 22.5. The normalized spacial score (nSPS) is 12.8. The van der Waals surface area contributed by atoms with Crippen LogP contribution in [0.25, 0.3) is 0 Å². The van der Waals surface area contributed by atoms with Crippen LogP contribution in [-0.4, -0.2) is 16.2 Å². The summed E-state index contributed by atoms with van der Waals surface area (Å²) in [5.74, 6) is -0.834. The Kier molecular flexibility index (Phi) is 11.6. The molecular weight excluding hydrogens is 372 g/mol. The summed E-state index contributed by atoms with van der Waals surface area (Å²) in [5.41, 5.74) is 6.37. The topological polar surface area (TPSA) is 57.5 Å². The van der Waals surface area contributed by atoms with E-state index in [9.17, 15) is 9.90 Å². The summed E-state index contributed by atoms with van der Waals surface area (Å²) in [5, 5.41) is 19.0. The molecule has 0 fully saturated rings. The molecular formula is C27H38O3. The third-order valence-corrected chi connectivity index (χ3v) is 5.15. The van der Waals surface area contributed by atoms with Crippen molar-refractivity contribution < 1.29 is 15.0 Å². The number of aromatic carboxylic acids is 1. The first-order chi connectivity index (χ1) is 14.2. The molecule has 30 heavy (non-hydrogen) atoms. The summed E-state index contributed by atoms with van der Waals surface area (Å²) in [7, 11) is 0. The van der Waals surface area contributed by atoms with Gasteiger partial charge in [-0.2, -0.15) is 0 Å². The first kappa shape index (κ1) is 25.5. The summed E-state index contributed by atoms with van der Waals surface area (Å²) in [6.07, 6.45) is 16.0. The van der Waals surface area contributed by atoms with E-state index >= 15 is 0 Å². The zero-order valence-electron chi connectivity index (χ0n) is 19.3. The number of phenols is 1. The summed E-state index contributed by atoms with van der Waals surface area (Å²) < 4.78 is 0. The first-order valence-corrected chi connectivity index (χ1v) is 10.8. The maximum absolute atomic E-state index is 11.1. The predicted molar refractivity (Wildman–Crippen MR) is 127 cm³/mol. The van der Waals surface area contributed by atoms with Crippen molar-refractivity contribution in [1.82, 2.24) is 0 Å². The highest BCUT2D eigenvalue weighted by Crippen LogP contribution is 2.21. The molecule has 0 saturated heterocycles. The minimum atomic E-state index is -0.976. The second kappa shape index (κ2) is 13.6. The molecule has 0 aromatic heterocycles. The Bertz CT molecular complexity index is 819. The molecule has 0 aliphatic rings. The quantitative estimate of drug-likeness (QED) is 0.346. The van der Waals surface area contributed by atoms with Gasteiger partial charge in [0.05, 0.1) is 5.56 Å². The fraction of sp³-hybridized carbons (Fsp3) is 0.444. The monoisotopic (exact) mass is 410 g/mol. The number of hydrogen-bond donors (Lipinski definition) is 2. The van der Waals surface area contributed by atoms with E-state index in [-0.39, 0.29) is 11.3 Å². The lowest BCUT2D eigenvalue weighted by molar-refractivity contribution is 0.0696. The van der Waals surface area contributed by atoms with E-state index in [1.54, 1.807) is 6.07 Å². The van der Waals surface area contributed by atoms with Gasteiger partial charge in [0.2, 0.25) is 0 Å². The number of rotatable bonds is 12. The van der Waals surface area contributed by atoms with Crippen LogP contribution in [0.1, 0.15) is 89.1 Å². The molecule has 0 aliphatic heterocycles. The summed E-state index contributed by atoms with van der Waals surface area (Å²) in [6.45, 7) is 10.8. The van der Waals surface area contributed by atoms with Crippen molar-refractivity contribution in [2.75, 3.05) is 0 Å². The van der Waals surface area contributed by atoms with Gasteiger partial charge in [0, 0.05) is 0 Å². The summed E-state index contributed by atoms with van der Waals surface area (Å²) in [6, 6.07) is 4.41. The van der Waals surface area contributed by atoms with Crippen LogP contribution >= 0.6 is 0 Å². The average molecular weight is 411 g/mol. The Morgan fingerprint density at radius 2 is 1.30 bits per heavy atom. The smallest absolute Gasteiger partial charge is 0.335 e. The highest BCUT2D eigenvalue weighted by Gasteiger charge is 2.07. The molecule has 164 valence electrons. The molecule has 3 heteroatoms. The van der Waals surface area contributed by atoms with Crippen molar-refractivity contribution in [3.05, 3.63) is 75.9 Å². The number of aromatic hydroxyl groups is 1. The van der Waals surface area contributed by atoms with Crippen molar-refractivity contribution >= 4 is 5.97 Å². The van der Waals surface area contributed by atoms with Gasteiger partial charge in [-0.15, -0.1) is 0 Å². The summed E-state index contributed by atoms with van der Waals surface area (Å²) in [4.78, 5) is 11.1. The lowest BCUT2D eigenvalue weighted by Crippen LogP contribution is -1.97. The highest BCUT2D eigenvalue weighted by molar-refractivity contribution is 5.88. The molecule has 0 aliphatic carbocycles. The predicted octanol–water partition coefficient (Wildman–Crippen LogP) is 7.78. The lowest BCUT2D eigenvalue weighted by atomic mass is 10.0. The van der Waals surface area contributed by atoms with Crippen LogP contribution in [0.4, 0.5) is 0 Å². The number of hydrogen-bond acceptors (Lipinski definition) is 2. The van der Waals surface area contributed by atoms with Crippen LogP contribution in [0.15, 0.2) is 64.8 Å². The van der Waals surface area contributed by atoms with Gasteiger partial charge in [-0.05, 0) is 103 Å². The fourth-order valence-corrected chi connectivity index (χ4v) is 3.15. The Balaban J connectivity index is 2.42. The molecule has 0 spiro atoms. The van der Waals surface area contributed by atoms with Crippen molar-refractivity contribution in [3.63, 3.8) is 0 Å². The fourth-order valence-electron chi connectivity index (χ4n) is 3.15. The van der Waals surface area contributed by atoms with Gasteiger partial charge in [0.15, 0.2) is 0 Å². The van der Waals surface area contributed by atoms with Crippen LogP contribution in [0, 0.1) is 0 Å². The Morgan fingerprint density at radius 3 is 1.80 bits per heavy atom. The van der Waals surface area contributed by atoms with E-state index in [0.29, 0.717) is 12.0 Å². The third-order valence-electron chi connectivity index (χ3n) is 5.15. The van der Waals surface area contributed by atoms with Crippen LogP contribution in [0.2, 0.25) is 0 Å². The van der Waals surface area contributed by atoms with E-state index in [4.69, 9.17) is 5.11 Å². The van der Waals surface area contributed by atoms with E-state index in [1.165, 1.54) is 34.4 Å². The first-order valence-electron chi connectivity index (χ1n) is 10.8. The number of phenolic OH excluding ortho intramolecular Hbond substituents is 1. The Morgan fingerprint density at radius 1 is 0.800 bits per heavy atom. The largest absolute Gasteiger partial charge is 0.508 e. The van der Waals surface area contributed by atoms with Gasteiger partial charge in [-0.3, -0.25) is 0 Å². The minimum Gasteiger partial charge on any atom is -0.508 e. The molecule has 1 rings (SSSR count). The summed E-state index contributed by atoms with van der Waals surface area (Å²) >= 11 is 0. The minimum absolute atomic E-state index is 0.143. The van der Waals surface area contributed by atoms with E-state index in [2.05, 4.69) is 58.9 Å². The van der Waals surface area contributed by atoms with Crippen LogP contribution in [0.5, 0.6) is 5.75 Å². The second-order valence-electron chi connectivity index (χ2n) is 8.40. The van der Waals surface area contributed by atoms with Crippen molar-refractivity contribution in [1.29, 1.82) is 0 Å². The van der Waals surface area contributed by atoms with E-state index in [0.717, 1.165) is 38.5 Å². The van der Waals surface area contributed by atoms with Crippen molar-refractivity contribution in [2.45, 2.75) is 79.6 Å². The van der Waals surface area contributed by atoms with E-state index < -0.39 is 5.97 Å². The average Bonchev–Trinajstić information content (AvgIpc) is 2.66. The van der Waals surface area contributed by atoms with Gasteiger partial charge in [-0.25, -0.2) is 4.79 Å². The SMILES string of the molecule is CC(C)=CCC/C(C)=C/CC/C(C)=C/CC/C(C)=C/Cc1cc(C(=O)O)ccc1O. The number of carboxylic acid groups (broad SMARTS) is 1. The molecule has 2 N–H and O–H groups in total. The molecule has 0 atom stereocenters. The number of benzene rings is 1. The number of carboxylic acids is 1. The van der Waals surface area contributed by atoms with Crippen molar-refractivity contribution in [3.8, 4) is 5.75 Å². The molecule has 3 nitrogen and oxygen atoms in total. The van der Waals surface area contributed by atoms with Gasteiger partial charge in [0.25, 0.3) is 0 Å². The lowest BCUT2D eigenvalue weighted by Gasteiger charge is -2.05. The second-order valence-corrected chi connectivity index (χ2v) is 8.40. The molecule has 1 aromatic rings.